The van der Waals surface area contributed by atoms with Crippen molar-refractivity contribution in [2.24, 2.45) is 0 Å². The first-order valence-electron chi connectivity index (χ1n) is 7.75. The first-order valence-corrected chi connectivity index (χ1v) is 7.75. The van der Waals surface area contributed by atoms with Crippen LogP contribution in [0.4, 0.5) is 0 Å². The Kier molecular flexibility index (Phi) is 5.89. The smallest absolute Gasteiger partial charge is 0.251 e. The third-order valence-electron chi connectivity index (χ3n) is 3.94. The molecule has 120 valence electrons. The summed E-state index contributed by atoms with van der Waals surface area (Å²) in [6, 6.07) is 3.74. The Labute approximate surface area is 130 Å². The van der Waals surface area contributed by atoms with Crippen LogP contribution in [-0.4, -0.2) is 57.4 Å². The van der Waals surface area contributed by atoms with E-state index in [1.54, 1.807) is 17.3 Å². The summed E-state index contributed by atoms with van der Waals surface area (Å²) in [5.41, 5.74) is 1.01. The predicted octanol–water partition coefficient (Wildman–Crippen LogP) is 0.803. The molecule has 6 nitrogen and oxygen atoms in total. The number of hydrogen-bond donors (Lipinski definition) is 1. The molecule has 0 saturated carbocycles. The van der Waals surface area contributed by atoms with Crippen LogP contribution in [0.3, 0.4) is 0 Å². The van der Waals surface area contributed by atoms with Gasteiger partial charge in [0.25, 0.3) is 5.91 Å². The van der Waals surface area contributed by atoms with E-state index >= 15 is 0 Å². The van der Waals surface area contributed by atoms with E-state index < -0.39 is 6.10 Å². The third kappa shape index (κ3) is 4.27. The van der Waals surface area contributed by atoms with Gasteiger partial charge in [0.05, 0.1) is 6.54 Å². The van der Waals surface area contributed by atoms with Gasteiger partial charge in [-0.25, -0.2) is 0 Å². The van der Waals surface area contributed by atoms with Crippen LogP contribution in [0.5, 0.6) is 0 Å². The molecule has 2 rings (SSSR count). The van der Waals surface area contributed by atoms with E-state index in [0.29, 0.717) is 26.1 Å². The highest BCUT2D eigenvalue weighted by atomic mass is 16.3. The molecule has 1 aliphatic heterocycles. The van der Waals surface area contributed by atoms with Crippen molar-refractivity contribution in [3.63, 3.8) is 0 Å². The Morgan fingerprint density at radius 3 is 2.82 bits per heavy atom. The van der Waals surface area contributed by atoms with Crippen LogP contribution in [0.15, 0.2) is 24.5 Å². The van der Waals surface area contributed by atoms with Crippen LogP contribution in [0, 0.1) is 0 Å². The zero-order valence-electron chi connectivity index (χ0n) is 12.9. The third-order valence-corrected chi connectivity index (χ3v) is 3.94. The second-order valence-electron chi connectivity index (χ2n) is 5.53. The van der Waals surface area contributed by atoms with Gasteiger partial charge in [-0.3, -0.25) is 14.6 Å². The Bertz CT molecular complexity index is 507. The van der Waals surface area contributed by atoms with Crippen LogP contribution >= 0.6 is 0 Å². The molecule has 0 aromatic carbocycles. The second-order valence-corrected chi connectivity index (χ2v) is 5.53. The highest BCUT2D eigenvalue weighted by Crippen LogP contribution is 2.13. The van der Waals surface area contributed by atoms with Crippen LogP contribution < -0.4 is 0 Å². The highest BCUT2D eigenvalue weighted by Gasteiger charge is 2.27. The monoisotopic (exact) mass is 305 g/mol. The SMILES string of the molecule is CCN(Cc1ccncc1)C(=O)CN1CCCCC(O)C1=O. The fourth-order valence-corrected chi connectivity index (χ4v) is 2.59. The molecule has 2 heterocycles. The van der Waals surface area contributed by atoms with E-state index in [4.69, 9.17) is 0 Å². The van der Waals surface area contributed by atoms with Crippen molar-refractivity contribution in [1.82, 2.24) is 14.8 Å². The van der Waals surface area contributed by atoms with E-state index in [0.717, 1.165) is 18.4 Å². The Balaban J connectivity index is 1.98. The molecule has 0 bridgehead atoms. The average molecular weight is 305 g/mol. The Morgan fingerprint density at radius 1 is 1.41 bits per heavy atom. The number of aliphatic hydroxyl groups excluding tert-OH is 1. The van der Waals surface area contributed by atoms with E-state index in [-0.39, 0.29) is 18.4 Å². The zero-order chi connectivity index (χ0) is 15.9. The molecule has 1 aromatic heterocycles. The first kappa shape index (κ1) is 16.4. The number of rotatable bonds is 5. The van der Waals surface area contributed by atoms with Crippen LogP contribution in [0.1, 0.15) is 31.7 Å². The quantitative estimate of drug-likeness (QED) is 0.873. The summed E-state index contributed by atoms with van der Waals surface area (Å²) in [6.07, 6.45) is 4.55. The van der Waals surface area contributed by atoms with E-state index in [1.165, 1.54) is 4.90 Å². The maximum Gasteiger partial charge on any atom is 0.251 e. The van der Waals surface area contributed by atoms with Gasteiger partial charge in [0, 0.05) is 32.0 Å². The maximum atomic E-state index is 12.4. The van der Waals surface area contributed by atoms with Crippen molar-refractivity contribution in [2.45, 2.75) is 38.8 Å². The largest absolute Gasteiger partial charge is 0.383 e. The molecule has 1 aliphatic rings. The standard InChI is InChI=1S/C16H23N3O3/c1-2-18(11-13-6-8-17-9-7-13)15(21)12-19-10-4-3-5-14(20)16(19)22/h6-9,14,20H,2-5,10-12H2,1H3. The molecular formula is C16H23N3O3. The topological polar surface area (TPSA) is 73.7 Å². The number of amides is 2. The molecule has 22 heavy (non-hydrogen) atoms. The molecule has 0 radical (unpaired) electrons. The van der Waals surface area contributed by atoms with E-state index in [9.17, 15) is 14.7 Å². The molecule has 1 saturated heterocycles. The number of nitrogens with zero attached hydrogens (tertiary/aromatic N) is 3. The molecule has 0 spiro atoms. The fraction of sp³-hybridized carbons (Fsp3) is 0.562. The molecule has 1 fully saturated rings. The first-order chi connectivity index (χ1) is 10.6. The minimum atomic E-state index is -0.967. The number of likely N-dealkylation sites (N-methyl/N-ethyl adjacent to an activating group) is 1. The lowest BCUT2D eigenvalue weighted by Crippen LogP contribution is -2.45. The van der Waals surface area contributed by atoms with Crippen molar-refractivity contribution in [1.29, 1.82) is 0 Å². The molecule has 1 unspecified atom stereocenters. The number of aliphatic hydroxyl groups is 1. The fourth-order valence-electron chi connectivity index (χ4n) is 2.59. The van der Waals surface area contributed by atoms with Gasteiger partial charge >= 0.3 is 0 Å². The summed E-state index contributed by atoms with van der Waals surface area (Å²) in [4.78, 5) is 31.6. The van der Waals surface area contributed by atoms with Crippen molar-refractivity contribution >= 4 is 11.8 Å². The molecule has 1 N–H and O–H groups in total. The summed E-state index contributed by atoms with van der Waals surface area (Å²) < 4.78 is 0. The number of hydrogen-bond acceptors (Lipinski definition) is 4. The number of carbonyl (C=O) groups is 2. The van der Waals surface area contributed by atoms with Crippen molar-refractivity contribution in [3.8, 4) is 0 Å². The summed E-state index contributed by atoms with van der Waals surface area (Å²) in [5, 5.41) is 9.75. The summed E-state index contributed by atoms with van der Waals surface area (Å²) >= 11 is 0. The van der Waals surface area contributed by atoms with Gasteiger partial charge in [-0.05, 0) is 43.9 Å². The van der Waals surface area contributed by atoms with Gasteiger partial charge in [-0.15, -0.1) is 0 Å². The summed E-state index contributed by atoms with van der Waals surface area (Å²) in [6.45, 7) is 3.57. The molecule has 1 atom stereocenters. The Morgan fingerprint density at radius 2 is 2.14 bits per heavy atom. The number of likely N-dealkylation sites (tertiary alicyclic amines) is 1. The van der Waals surface area contributed by atoms with Gasteiger partial charge in [0.2, 0.25) is 5.91 Å². The Hall–Kier alpha value is -1.95. The maximum absolute atomic E-state index is 12.4. The molecule has 0 aliphatic carbocycles. The van der Waals surface area contributed by atoms with E-state index in [1.807, 2.05) is 19.1 Å². The van der Waals surface area contributed by atoms with Gasteiger partial charge in [-0.1, -0.05) is 0 Å². The zero-order valence-corrected chi connectivity index (χ0v) is 12.9. The number of carbonyl (C=O) groups excluding carboxylic acids is 2. The number of aromatic nitrogens is 1. The average Bonchev–Trinajstić information content (AvgIpc) is 2.69. The lowest BCUT2D eigenvalue weighted by molar-refractivity contribution is -0.145. The lowest BCUT2D eigenvalue weighted by atomic mass is 10.2. The minimum absolute atomic E-state index is 0.0365. The van der Waals surface area contributed by atoms with Gasteiger partial charge in [0.15, 0.2) is 0 Å². The van der Waals surface area contributed by atoms with Crippen molar-refractivity contribution in [3.05, 3.63) is 30.1 Å². The summed E-state index contributed by atoms with van der Waals surface area (Å²) in [7, 11) is 0. The highest BCUT2D eigenvalue weighted by molar-refractivity contribution is 5.87. The molecule has 2 amide bonds. The number of pyridine rings is 1. The van der Waals surface area contributed by atoms with Crippen LogP contribution in [0.25, 0.3) is 0 Å². The van der Waals surface area contributed by atoms with Crippen molar-refractivity contribution < 1.29 is 14.7 Å². The normalized spacial score (nSPS) is 18.9. The van der Waals surface area contributed by atoms with Gasteiger partial charge in [0.1, 0.15) is 6.10 Å². The molecule has 6 heteroatoms. The summed E-state index contributed by atoms with van der Waals surface area (Å²) in [5.74, 6) is -0.424. The van der Waals surface area contributed by atoms with Gasteiger partial charge < -0.3 is 14.9 Å². The molecule has 1 aromatic rings. The van der Waals surface area contributed by atoms with Crippen LogP contribution in [-0.2, 0) is 16.1 Å². The van der Waals surface area contributed by atoms with Gasteiger partial charge in [-0.2, -0.15) is 0 Å². The minimum Gasteiger partial charge on any atom is -0.383 e. The lowest BCUT2D eigenvalue weighted by Gasteiger charge is -2.26. The van der Waals surface area contributed by atoms with Crippen LogP contribution in [0.2, 0.25) is 0 Å². The van der Waals surface area contributed by atoms with E-state index in [2.05, 4.69) is 4.98 Å². The predicted molar refractivity (Wildman–Crippen MR) is 81.8 cm³/mol. The molecular weight excluding hydrogens is 282 g/mol. The van der Waals surface area contributed by atoms with Crippen molar-refractivity contribution in [2.75, 3.05) is 19.6 Å². The second kappa shape index (κ2) is 7.89.